The number of rotatable bonds is 9. The number of amides is 1. The Bertz CT molecular complexity index is 969. The van der Waals surface area contributed by atoms with E-state index in [1.54, 1.807) is 14.0 Å². The van der Waals surface area contributed by atoms with Gasteiger partial charge in [-0.1, -0.05) is 24.3 Å². The lowest BCUT2D eigenvalue weighted by atomic mass is 10.0. The van der Waals surface area contributed by atoms with E-state index in [0.717, 1.165) is 23.4 Å². The van der Waals surface area contributed by atoms with Gasteiger partial charge in [0.25, 0.3) is 5.91 Å². The Kier molecular flexibility index (Phi) is 7.92. The largest absolute Gasteiger partial charge is 0.497 e. The molecule has 1 heterocycles. The lowest BCUT2D eigenvalue weighted by Crippen LogP contribution is -2.45. The van der Waals surface area contributed by atoms with Gasteiger partial charge in [0.15, 0.2) is 0 Å². The summed E-state index contributed by atoms with van der Waals surface area (Å²) in [5, 5.41) is 3.01. The van der Waals surface area contributed by atoms with Crippen LogP contribution in [0.2, 0.25) is 0 Å². The summed E-state index contributed by atoms with van der Waals surface area (Å²) in [5.74, 6) is 0.804. The smallest absolute Gasteiger partial charge is 0.253 e. The third-order valence-corrected chi connectivity index (χ3v) is 7.02. The third kappa shape index (κ3) is 6.45. The first-order valence-electron chi connectivity index (χ1n) is 10.7. The topological polar surface area (TPSA) is 87.7 Å². The zero-order valence-corrected chi connectivity index (χ0v) is 19.0. The van der Waals surface area contributed by atoms with Gasteiger partial charge in [0.1, 0.15) is 5.75 Å². The zero-order valence-electron chi connectivity index (χ0n) is 18.1. The number of anilines is 1. The number of benzene rings is 2. The molecule has 0 radical (unpaired) electrons. The fraction of sp³-hybridized carbons (Fsp3) is 0.435. The molecule has 3 rings (SSSR count). The van der Waals surface area contributed by atoms with E-state index >= 15 is 0 Å². The van der Waals surface area contributed by atoms with Crippen molar-refractivity contribution in [3.63, 3.8) is 0 Å². The highest BCUT2D eigenvalue weighted by molar-refractivity contribution is 7.89. The molecule has 0 unspecified atom stereocenters. The maximum atomic E-state index is 12.8. The van der Waals surface area contributed by atoms with Crippen LogP contribution in [0.1, 0.15) is 35.7 Å². The summed E-state index contributed by atoms with van der Waals surface area (Å²) >= 11 is 0. The molecule has 0 bridgehead atoms. The average molecular weight is 446 g/mol. The molecule has 1 aliphatic rings. The molecule has 0 aromatic heterocycles. The van der Waals surface area contributed by atoms with E-state index in [1.165, 1.54) is 0 Å². The van der Waals surface area contributed by atoms with Crippen molar-refractivity contribution in [2.45, 2.75) is 32.2 Å². The van der Waals surface area contributed by atoms with Crippen molar-refractivity contribution >= 4 is 21.6 Å². The summed E-state index contributed by atoms with van der Waals surface area (Å²) in [5.41, 5.74) is 2.66. The van der Waals surface area contributed by atoms with Crippen LogP contribution in [0.25, 0.3) is 0 Å². The molecular weight excluding hydrogens is 414 g/mol. The van der Waals surface area contributed by atoms with Crippen molar-refractivity contribution in [2.24, 2.45) is 0 Å². The fourth-order valence-electron chi connectivity index (χ4n) is 3.72. The van der Waals surface area contributed by atoms with Crippen molar-refractivity contribution in [3.05, 3.63) is 59.7 Å². The summed E-state index contributed by atoms with van der Waals surface area (Å²) in [6, 6.07) is 15.4. The number of ether oxygens (including phenoxy) is 1. The molecule has 0 atom stereocenters. The summed E-state index contributed by atoms with van der Waals surface area (Å²) < 4.78 is 31.6. The molecule has 0 spiro atoms. The van der Waals surface area contributed by atoms with Gasteiger partial charge in [-0.05, 0) is 56.0 Å². The lowest BCUT2D eigenvalue weighted by molar-refractivity contribution is 0.0954. The SMILES string of the molecule is CCS(=O)(=O)NC1CCN(c2ccccc2C(=O)NCCc2ccc(OC)cc2)CC1. The standard InChI is InChI=1S/C23H31N3O4S/c1-3-31(28,29)25-19-13-16-26(17-14-19)22-7-5-4-6-21(22)23(27)24-15-12-18-8-10-20(30-2)11-9-18/h4-11,19,25H,3,12-17H2,1-2H3,(H,24,27). The predicted molar refractivity (Wildman–Crippen MR) is 123 cm³/mol. The van der Waals surface area contributed by atoms with Gasteiger partial charge in [-0.25, -0.2) is 13.1 Å². The van der Waals surface area contributed by atoms with Gasteiger partial charge in [0.05, 0.1) is 18.4 Å². The minimum atomic E-state index is -3.20. The van der Waals surface area contributed by atoms with E-state index in [2.05, 4.69) is 14.9 Å². The normalized spacial score (nSPS) is 15.0. The molecule has 31 heavy (non-hydrogen) atoms. The van der Waals surface area contributed by atoms with Gasteiger partial charge in [0.2, 0.25) is 10.0 Å². The predicted octanol–water partition coefficient (Wildman–Crippen LogP) is 2.58. The Hall–Kier alpha value is -2.58. The highest BCUT2D eigenvalue weighted by Gasteiger charge is 2.25. The number of carbonyl (C=O) groups excluding carboxylic acids is 1. The maximum Gasteiger partial charge on any atom is 0.253 e. The number of hydrogen-bond donors (Lipinski definition) is 2. The van der Waals surface area contributed by atoms with Gasteiger partial charge in [-0.15, -0.1) is 0 Å². The van der Waals surface area contributed by atoms with Crippen LogP contribution in [0.5, 0.6) is 5.75 Å². The fourth-order valence-corrected chi connectivity index (χ4v) is 4.63. The van der Waals surface area contributed by atoms with Crippen molar-refractivity contribution in [1.82, 2.24) is 10.0 Å². The molecule has 2 N–H and O–H groups in total. The minimum Gasteiger partial charge on any atom is -0.497 e. The molecule has 0 aliphatic carbocycles. The van der Waals surface area contributed by atoms with Gasteiger partial charge in [0, 0.05) is 31.4 Å². The lowest BCUT2D eigenvalue weighted by Gasteiger charge is -2.34. The Morgan fingerprint density at radius 1 is 1.10 bits per heavy atom. The molecule has 2 aromatic carbocycles. The maximum absolute atomic E-state index is 12.8. The average Bonchev–Trinajstić information content (AvgIpc) is 2.80. The Balaban J connectivity index is 1.56. The Morgan fingerprint density at radius 3 is 2.42 bits per heavy atom. The number of sulfonamides is 1. The highest BCUT2D eigenvalue weighted by atomic mass is 32.2. The second-order valence-electron chi connectivity index (χ2n) is 7.65. The van der Waals surface area contributed by atoms with Gasteiger partial charge in [-0.2, -0.15) is 0 Å². The van der Waals surface area contributed by atoms with Crippen LogP contribution >= 0.6 is 0 Å². The monoisotopic (exact) mass is 445 g/mol. The molecule has 1 amide bonds. The first-order chi connectivity index (χ1) is 14.9. The molecule has 1 saturated heterocycles. The molecule has 7 nitrogen and oxygen atoms in total. The molecule has 2 aromatic rings. The molecule has 8 heteroatoms. The number of nitrogens with zero attached hydrogens (tertiary/aromatic N) is 1. The second kappa shape index (κ2) is 10.6. The van der Waals surface area contributed by atoms with Crippen LogP contribution in [0.3, 0.4) is 0 Å². The molecule has 0 saturated carbocycles. The van der Waals surface area contributed by atoms with Crippen LogP contribution in [-0.2, 0) is 16.4 Å². The van der Waals surface area contributed by atoms with Crippen molar-refractivity contribution in [3.8, 4) is 5.75 Å². The zero-order chi connectivity index (χ0) is 22.3. The first kappa shape index (κ1) is 23.1. The number of methoxy groups -OCH3 is 1. The second-order valence-corrected chi connectivity index (χ2v) is 9.70. The van der Waals surface area contributed by atoms with Crippen LogP contribution in [0.4, 0.5) is 5.69 Å². The third-order valence-electron chi connectivity index (χ3n) is 5.57. The Morgan fingerprint density at radius 2 is 1.77 bits per heavy atom. The number of nitrogens with one attached hydrogen (secondary N) is 2. The first-order valence-corrected chi connectivity index (χ1v) is 12.3. The van der Waals surface area contributed by atoms with E-state index in [0.29, 0.717) is 38.0 Å². The number of carbonyl (C=O) groups is 1. The summed E-state index contributed by atoms with van der Waals surface area (Å²) in [7, 11) is -1.56. The van der Waals surface area contributed by atoms with E-state index in [4.69, 9.17) is 4.74 Å². The molecule has 168 valence electrons. The van der Waals surface area contributed by atoms with E-state index in [1.807, 2.05) is 48.5 Å². The Labute approximate surface area is 184 Å². The van der Waals surface area contributed by atoms with E-state index in [-0.39, 0.29) is 17.7 Å². The van der Waals surface area contributed by atoms with Gasteiger partial charge < -0.3 is 15.0 Å². The number of piperidine rings is 1. The van der Waals surface area contributed by atoms with Crippen LogP contribution < -0.4 is 19.7 Å². The molecule has 1 fully saturated rings. The van der Waals surface area contributed by atoms with Crippen molar-refractivity contribution in [1.29, 1.82) is 0 Å². The van der Waals surface area contributed by atoms with Crippen molar-refractivity contribution in [2.75, 3.05) is 37.4 Å². The summed E-state index contributed by atoms with van der Waals surface area (Å²) in [6.45, 7) is 3.58. The number of hydrogen-bond acceptors (Lipinski definition) is 5. The highest BCUT2D eigenvalue weighted by Crippen LogP contribution is 2.24. The van der Waals surface area contributed by atoms with E-state index < -0.39 is 10.0 Å². The van der Waals surface area contributed by atoms with Gasteiger partial charge >= 0.3 is 0 Å². The van der Waals surface area contributed by atoms with Crippen LogP contribution in [0, 0.1) is 0 Å². The molecular formula is C23H31N3O4S. The summed E-state index contributed by atoms with van der Waals surface area (Å²) in [4.78, 5) is 15.0. The number of para-hydroxylation sites is 1. The quantitative estimate of drug-likeness (QED) is 0.619. The van der Waals surface area contributed by atoms with Crippen LogP contribution in [-0.4, -0.2) is 52.9 Å². The van der Waals surface area contributed by atoms with Gasteiger partial charge in [-0.3, -0.25) is 4.79 Å². The van der Waals surface area contributed by atoms with Crippen molar-refractivity contribution < 1.29 is 17.9 Å². The van der Waals surface area contributed by atoms with Crippen LogP contribution in [0.15, 0.2) is 48.5 Å². The minimum absolute atomic E-state index is 0.0494. The van der Waals surface area contributed by atoms with E-state index in [9.17, 15) is 13.2 Å². The summed E-state index contributed by atoms with van der Waals surface area (Å²) in [6.07, 6.45) is 2.17. The molecule has 1 aliphatic heterocycles.